The molecule has 0 aliphatic carbocycles. The molecule has 2 N–H and O–H groups in total. The van der Waals surface area contributed by atoms with Gasteiger partial charge in [0, 0.05) is 24.2 Å². The summed E-state index contributed by atoms with van der Waals surface area (Å²) in [7, 11) is 0. The third kappa shape index (κ3) is 14.1. The first-order valence-corrected chi connectivity index (χ1v) is 11.2. The first-order valence-electron chi connectivity index (χ1n) is 11.2. The second kappa shape index (κ2) is 16.7. The summed E-state index contributed by atoms with van der Waals surface area (Å²) in [5.41, 5.74) is 2.51. The van der Waals surface area contributed by atoms with Gasteiger partial charge in [-0.25, -0.2) is 19.2 Å². The lowest BCUT2D eigenvalue weighted by Crippen LogP contribution is -2.27. The van der Waals surface area contributed by atoms with Crippen LogP contribution in [0.15, 0.2) is 48.6 Å². The third-order valence-corrected chi connectivity index (χ3v) is 4.39. The van der Waals surface area contributed by atoms with E-state index < -0.39 is 24.1 Å². The van der Waals surface area contributed by atoms with E-state index in [1.807, 2.05) is 24.3 Å². The first-order chi connectivity index (χ1) is 16.7. The van der Waals surface area contributed by atoms with Gasteiger partial charge >= 0.3 is 24.1 Å². The van der Waals surface area contributed by atoms with E-state index in [1.54, 1.807) is 6.92 Å². The van der Waals surface area contributed by atoms with E-state index in [1.165, 1.54) is 6.92 Å². The van der Waals surface area contributed by atoms with Gasteiger partial charge in [-0.2, -0.15) is 0 Å². The highest BCUT2D eigenvalue weighted by atomic mass is 16.6. The number of amides is 2. The summed E-state index contributed by atoms with van der Waals surface area (Å²) < 4.78 is 19.8. The Hall–Kier alpha value is -3.82. The molecule has 0 heterocycles. The fourth-order valence-electron chi connectivity index (χ4n) is 2.46. The minimum atomic E-state index is -0.615. The lowest BCUT2D eigenvalue weighted by Gasteiger charge is -2.09. The van der Waals surface area contributed by atoms with Crippen LogP contribution in [0.1, 0.15) is 37.8 Å². The highest BCUT2D eigenvalue weighted by Crippen LogP contribution is 2.05. The predicted octanol–water partition coefficient (Wildman–Crippen LogP) is 3.20. The van der Waals surface area contributed by atoms with Gasteiger partial charge in [0.2, 0.25) is 0 Å². The molecule has 1 rings (SSSR count). The molecule has 0 fully saturated rings. The Kier molecular flexibility index (Phi) is 14.0. The van der Waals surface area contributed by atoms with E-state index >= 15 is 0 Å². The minimum Gasteiger partial charge on any atom is -0.462 e. The summed E-state index contributed by atoms with van der Waals surface area (Å²) in [6, 6.07) is 7.53. The molecule has 0 saturated carbocycles. The lowest BCUT2D eigenvalue weighted by atomic mass is 10.1. The average molecular weight is 491 g/mol. The van der Waals surface area contributed by atoms with Crippen molar-refractivity contribution in [3.8, 4) is 0 Å². The Labute approximate surface area is 205 Å². The molecule has 0 aliphatic rings. The molecular weight excluding hydrogens is 456 g/mol. The molecular formula is C25H34N2O8. The molecule has 10 nitrogen and oxygen atoms in total. The van der Waals surface area contributed by atoms with Crippen molar-refractivity contribution < 1.29 is 38.1 Å². The van der Waals surface area contributed by atoms with Crippen LogP contribution in [0, 0.1) is 0 Å². The number of carbonyl (C=O) groups is 4. The molecule has 35 heavy (non-hydrogen) atoms. The van der Waals surface area contributed by atoms with Crippen LogP contribution in [0.25, 0.3) is 0 Å². The van der Waals surface area contributed by atoms with Gasteiger partial charge in [0.25, 0.3) is 0 Å². The summed E-state index contributed by atoms with van der Waals surface area (Å²) in [6.45, 7) is 11.2. The van der Waals surface area contributed by atoms with Crippen LogP contribution in [0.2, 0.25) is 0 Å². The van der Waals surface area contributed by atoms with E-state index in [0.717, 1.165) is 11.1 Å². The number of unbranched alkanes of at least 4 members (excludes halogenated alkanes) is 1. The van der Waals surface area contributed by atoms with E-state index in [-0.39, 0.29) is 38.5 Å². The number of nitrogens with one attached hydrogen (secondary N) is 2. The number of esters is 2. The van der Waals surface area contributed by atoms with Crippen LogP contribution in [0.5, 0.6) is 0 Å². The van der Waals surface area contributed by atoms with Crippen LogP contribution in [-0.4, -0.2) is 57.1 Å². The highest BCUT2D eigenvalue weighted by molar-refractivity contribution is 5.87. The summed E-state index contributed by atoms with van der Waals surface area (Å²) >= 11 is 0. The molecule has 0 bridgehead atoms. The number of alkyl carbamates (subject to hydrolysis) is 2. The molecule has 0 saturated heterocycles. The SMILES string of the molecule is C=C(C)C(=O)OCCCCOC(=O)NCCc1ccc(CNC(=O)OCCOC(=O)C(=C)C)cc1. The Bertz CT molecular complexity index is 880. The van der Waals surface area contributed by atoms with Gasteiger partial charge in [0.05, 0.1) is 13.2 Å². The summed E-state index contributed by atoms with van der Waals surface area (Å²) in [6.07, 6.45) is 0.678. The molecule has 10 heteroatoms. The Morgan fingerprint density at radius 3 is 1.74 bits per heavy atom. The highest BCUT2D eigenvalue weighted by Gasteiger charge is 2.06. The van der Waals surface area contributed by atoms with Crippen molar-refractivity contribution in [1.29, 1.82) is 0 Å². The van der Waals surface area contributed by atoms with Gasteiger partial charge in [0.15, 0.2) is 0 Å². The Balaban J connectivity index is 2.12. The standard InChI is InChI=1S/C25H34N2O8/c1-18(2)22(28)32-13-5-6-14-34-24(30)26-12-11-20-7-9-21(10-8-20)17-27-25(31)35-16-15-33-23(29)19(3)4/h7-10H,1,3,5-6,11-17H2,2,4H3,(H,26,30)(H,27,31). The Morgan fingerprint density at radius 1 is 0.686 bits per heavy atom. The second-order valence-electron chi connectivity index (χ2n) is 7.66. The van der Waals surface area contributed by atoms with Gasteiger partial charge in [0.1, 0.15) is 13.2 Å². The fraction of sp³-hybridized carbons (Fsp3) is 0.440. The second-order valence-corrected chi connectivity index (χ2v) is 7.66. The topological polar surface area (TPSA) is 129 Å². The predicted molar refractivity (Wildman–Crippen MR) is 128 cm³/mol. The number of hydrogen-bond donors (Lipinski definition) is 2. The van der Waals surface area contributed by atoms with Crippen molar-refractivity contribution in [3.63, 3.8) is 0 Å². The molecule has 0 radical (unpaired) electrons. The van der Waals surface area contributed by atoms with Crippen LogP contribution >= 0.6 is 0 Å². The summed E-state index contributed by atoms with van der Waals surface area (Å²) in [5.74, 6) is -0.955. The molecule has 0 aromatic heterocycles. The van der Waals surface area contributed by atoms with Crippen molar-refractivity contribution in [2.45, 2.75) is 39.7 Å². The Morgan fingerprint density at radius 2 is 1.14 bits per heavy atom. The van der Waals surface area contributed by atoms with E-state index in [4.69, 9.17) is 18.9 Å². The molecule has 1 aromatic rings. The molecule has 1 aromatic carbocycles. The normalized spacial score (nSPS) is 10.0. The number of carbonyl (C=O) groups excluding carboxylic acids is 4. The smallest absolute Gasteiger partial charge is 0.407 e. The van der Waals surface area contributed by atoms with Crippen LogP contribution in [0.4, 0.5) is 9.59 Å². The van der Waals surface area contributed by atoms with Crippen molar-refractivity contribution in [2.24, 2.45) is 0 Å². The van der Waals surface area contributed by atoms with Crippen LogP contribution < -0.4 is 10.6 Å². The monoisotopic (exact) mass is 490 g/mol. The third-order valence-electron chi connectivity index (χ3n) is 4.39. The van der Waals surface area contributed by atoms with Crippen LogP contribution in [0.3, 0.4) is 0 Å². The van der Waals surface area contributed by atoms with Crippen molar-refractivity contribution >= 4 is 24.1 Å². The van der Waals surface area contributed by atoms with Crippen molar-refractivity contribution in [3.05, 3.63) is 59.7 Å². The van der Waals surface area contributed by atoms with Crippen molar-refractivity contribution in [2.75, 3.05) is 33.0 Å². The first kappa shape index (κ1) is 29.2. The number of benzene rings is 1. The molecule has 0 unspecified atom stereocenters. The zero-order valence-electron chi connectivity index (χ0n) is 20.4. The lowest BCUT2D eigenvalue weighted by molar-refractivity contribution is -0.140. The maximum absolute atomic E-state index is 11.7. The molecule has 0 spiro atoms. The summed E-state index contributed by atoms with van der Waals surface area (Å²) in [4.78, 5) is 45.8. The molecule has 0 atom stereocenters. The molecule has 2 amide bonds. The molecule has 0 aliphatic heterocycles. The number of hydrogen-bond acceptors (Lipinski definition) is 8. The van der Waals surface area contributed by atoms with Gasteiger partial charge in [-0.05, 0) is 44.2 Å². The summed E-state index contributed by atoms with van der Waals surface area (Å²) in [5, 5.41) is 5.29. The average Bonchev–Trinajstić information content (AvgIpc) is 2.82. The van der Waals surface area contributed by atoms with E-state index in [2.05, 4.69) is 23.8 Å². The zero-order valence-corrected chi connectivity index (χ0v) is 20.4. The maximum Gasteiger partial charge on any atom is 0.407 e. The van der Waals surface area contributed by atoms with E-state index in [0.29, 0.717) is 31.4 Å². The largest absolute Gasteiger partial charge is 0.462 e. The zero-order chi connectivity index (χ0) is 26.1. The minimum absolute atomic E-state index is 0.0393. The molecule has 192 valence electrons. The van der Waals surface area contributed by atoms with Gasteiger partial charge in [-0.15, -0.1) is 0 Å². The van der Waals surface area contributed by atoms with Crippen molar-refractivity contribution in [1.82, 2.24) is 10.6 Å². The maximum atomic E-state index is 11.7. The van der Waals surface area contributed by atoms with Gasteiger partial charge in [-0.3, -0.25) is 0 Å². The number of ether oxygens (including phenoxy) is 4. The van der Waals surface area contributed by atoms with E-state index in [9.17, 15) is 19.2 Å². The quantitative estimate of drug-likeness (QED) is 0.166. The van der Waals surface area contributed by atoms with Gasteiger partial charge in [-0.1, -0.05) is 37.4 Å². The van der Waals surface area contributed by atoms with Crippen LogP contribution in [-0.2, 0) is 41.5 Å². The van der Waals surface area contributed by atoms with Gasteiger partial charge < -0.3 is 29.6 Å². The number of rotatable bonds is 15. The fourth-order valence-corrected chi connectivity index (χ4v) is 2.46.